The van der Waals surface area contributed by atoms with Crippen LogP contribution in [0.1, 0.15) is 27.7 Å². The first-order valence-corrected chi connectivity index (χ1v) is 5.14. The maximum Gasteiger partial charge on any atom is 0.188 e. The Morgan fingerprint density at radius 2 is 1.93 bits per heavy atom. The monoisotopic (exact) mass is 201 g/mol. The highest BCUT2D eigenvalue weighted by atomic mass is 16.3. The molecule has 0 heterocycles. The van der Waals surface area contributed by atoms with Gasteiger partial charge in [-0.2, -0.15) is 0 Å². The van der Waals surface area contributed by atoms with E-state index in [1.807, 2.05) is 13.8 Å². The lowest BCUT2D eigenvalue weighted by Gasteiger charge is -2.20. The first-order valence-electron chi connectivity index (χ1n) is 5.14. The van der Waals surface area contributed by atoms with Gasteiger partial charge < -0.3 is 16.2 Å². The van der Waals surface area contributed by atoms with E-state index in [0.717, 1.165) is 6.54 Å². The zero-order valence-electron chi connectivity index (χ0n) is 9.62. The molecule has 84 valence electrons. The minimum Gasteiger partial charge on any atom is -0.394 e. The summed E-state index contributed by atoms with van der Waals surface area (Å²) >= 11 is 0. The quantitative estimate of drug-likeness (QED) is 0.450. The summed E-state index contributed by atoms with van der Waals surface area (Å²) in [5, 5.41) is 12.0. The molecule has 0 saturated heterocycles. The molecule has 0 aliphatic heterocycles. The van der Waals surface area contributed by atoms with Gasteiger partial charge in [0.25, 0.3) is 0 Å². The van der Waals surface area contributed by atoms with Gasteiger partial charge >= 0.3 is 0 Å². The number of aliphatic hydroxyl groups excluding tert-OH is 1. The average Bonchev–Trinajstić information content (AvgIpc) is 2.10. The normalized spacial score (nSPS) is 14.9. The molecule has 4 heteroatoms. The van der Waals surface area contributed by atoms with Crippen LogP contribution in [0.2, 0.25) is 0 Å². The van der Waals surface area contributed by atoms with E-state index in [1.54, 1.807) is 0 Å². The van der Waals surface area contributed by atoms with Crippen LogP contribution in [0, 0.1) is 11.8 Å². The molecule has 0 aromatic carbocycles. The Kier molecular flexibility index (Phi) is 6.28. The molecule has 0 aromatic heterocycles. The number of hydrogen-bond acceptors (Lipinski definition) is 2. The summed E-state index contributed by atoms with van der Waals surface area (Å²) in [6.07, 6.45) is 0. The van der Waals surface area contributed by atoms with Crippen molar-refractivity contribution in [2.45, 2.75) is 33.7 Å². The Morgan fingerprint density at radius 3 is 2.29 bits per heavy atom. The molecule has 0 spiro atoms. The summed E-state index contributed by atoms with van der Waals surface area (Å²) in [7, 11) is 0. The van der Waals surface area contributed by atoms with Crippen molar-refractivity contribution in [3.8, 4) is 0 Å². The van der Waals surface area contributed by atoms with Crippen LogP contribution in [0.5, 0.6) is 0 Å². The number of aliphatic imine (C=N–C) groups is 1. The highest BCUT2D eigenvalue weighted by molar-refractivity contribution is 5.78. The maximum atomic E-state index is 9.05. The second-order valence-electron chi connectivity index (χ2n) is 4.30. The molecule has 4 nitrogen and oxygen atoms in total. The van der Waals surface area contributed by atoms with Crippen molar-refractivity contribution in [1.82, 2.24) is 5.32 Å². The van der Waals surface area contributed by atoms with Crippen molar-refractivity contribution in [3.63, 3.8) is 0 Å². The molecule has 1 unspecified atom stereocenters. The van der Waals surface area contributed by atoms with E-state index in [-0.39, 0.29) is 12.6 Å². The third-order valence-corrected chi connectivity index (χ3v) is 1.96. The standard InChI is InChI=1S/C10H23N3O/c1-7(2)5-12-10(11)13-9(6-14)8(3)4/h7-9,14H,5-6H2,1-4H3,(H3,11,12,13). The van der Waals surface area contributed by atoms with E-state index < -0.39 is 0 Å². The number of hydrogen-bond donors (Lipinski definition) is 3. The molecule has 0 radical (unpaired) electrons. The lowest BCUT2D eigenvalue weighted by Crippen LogP contribution is -2.45. The van der Waals surface area contributed by atoms with Gasteiger partial charge in [0.15, 0.2) is 5.96 Å². The molecule has 0 aromatic rings. The molecule has 0 saturated carbocycles. The summed E-state index contributed by atoms with van der Waals surface area (Å²) in [4.78, 5) is 4.17. The molecular weight excluding hydrogens is 178 g/mol. The van der Waals surface area contributed by atoms with Crippen molar-refractivity contribution < 1.29 is 5.11 Å². The molecule has 0 amide bonds. The van der Waals surface area contributed by atoms with E-state index in [2.05, 4.69) is 24.2 Å². The van der Waals surface area contributed by atoms with Crippen molar-refractivity contribution in [2.75, 3.05) is 13.2 Å². The fourth-order valence-electron chi connectivity index (χ4n) is 0.940. The van der Waals surface area contributed by atoms with Crippen LogP contribution in [-0.2, 0) is 0 Å². The van der Waals surface area contributed by atoms with Crippen LogP contribution in [0.25, 0.3) is 0 Å². The van der Waals surface area contributed by atoms with Gasteiger partial charge in [-0.05, 0) is 11.8 Å². The largest absolute Gasteiger partial charge is 0.394 e. The number of nitrogens with two attached hydrogens (primary N) is 1. The lowest BCUT2D eigenvalue weighted by atomic mass is 10.1. The number of nitrogens with one attached hydrogen (secondary N) is 1. The van der Waals surface area contributed by atoms with Crippen LogP contribution >= 0.6 is 0 Å². The summed E-state index contributed by atoms with van der Waals surface area (Å²) in [5.41, 5.74) is 5.66. The molecule has 0 rings (SSSR count). The molecule has 14 heavy (non-hydrogen) atoms. The Balaban J connectivity index is 4.01. The lowest BCUT2D eigenvalue weighted by molar-refractivity contribution is 0.226. The van der Waals surface area contributed by atoms with Crippen LogP contribution in [0.3, 0.4) is 0 Å². The van der Waals surface area contributed by atoms with Gasteiger partial charge in [-0.1, -0.05) is 27.7 Å². The first kappa shape index (κ1) is 13.2. The Bertz CT molecular complexity index is 178. The van der Waals surface area contributed by atoms with Gasteiger partial charge in [0, 0.05) is 6.54 Å². The number of guanidine groups is 1. The smallest absolute Gasteiger partial charge is 0.188 e. The van der Waals surface area contributed by atoms with E-state index in [9.17, 15) is 0 Å². The SMILES string of the molecule is CC(C)CN=C(N)NC(CO)C(C)C. The highest BCUT2D eigenvalue weighted by Crippen LogP contribution is 1.99. The number of nitrogens with zero attached hydrogens (tertiary/aromatic N) is 1. The van der Waals surface area contributed by atoms with E-state index >= 15 is 0 Å². The summed E-state index contributed by atoms with van der Waals surface area (Å²) < 4.78 is 0. The van der Waals surface area contributed by atoms with E-state index in [0.29, 0.717) is 17.8 Å². The van der Waals surface area contributed by atoms with Crippen molar-refractivity contribution in [3.05, 3.63) is 0 Å². The van der Waals surface area contributed by atoms with Crippen LogP contribution in [0.15, 0.2) is 4.99 Å². The second kappa shape index (κ2) is 6.65. The minimum atomic E-state index is -0.00841. The number of aliphatic hydroxyl groups is 1. The Labute approximate surface area is 86.6 Å². The average molecular weight is 201 g/mol. The fourth-order valence-corrected chi connectivity index (χ4v) is 0.940. The van der Waals surface area contributed by atoms with Gasteiger partial charge in [-0.25, -0.2) is 0 Å². The molecule has 0 aliphatic carbocycles. The van der Waals surface area contributed by atoms with Crippen molar-refractivity contribution in [2.24, 2.45) is 22.6 Å². The van der Waals surface area contributed by atoms with Crippen LogP contribution in [0.4, 0.5) is 0 Å². The number of rotatable bonds is 5. The molecule has 0 aliphatic rings. The van der Waals surface area contributed by atoms with Gasteiger partial charge in [0.05, 0.1) is 12.6 Å². The molecular formula is C10H23N3O. The summed E-state index contributed by atoms with van der Waals surface area (Å²) in [6, 6.07) is -0.00841. The third-order valence-electron chi connectivity index (χ3n) is 1.96. The molecule has 4 N–H and O–H groups in total. The van der Waals surface area contributed by atoms with Gasteiger partial charge in [-0.15, -0.1) is 0 Å². The van der Waals surface area contributed by atoms with E-state index in [4.69, 9.17) is 10.8 Å². The topological polar surface area (TPSA) is 70.6 Å². The molecule has 0 fully saturated rings. The second-order valence-corrected chi connectivity index (χ2v) is 4.30. The predicted molar refractivity (Wildman–Crippen MR) is 60.2 cm³/mol. The van der Waals surface area contributed by atoms with Crippen molar-refractivity contribution >= 4 is 5.96 Å². The molecule has 1 atom stereocenters. The van der Waals surface area contributed by atoms with Gasteiger partial charge in [0.2, 0.25) is 0 Å². The highest BCUT2D eigenvalue weighted by Gasteiger charge is 2.11. The summed E-state index contributed by atoms with van der Waals surface area (Å²) in [5.74, 6) is 1.27. The predicted octanol–water partition coefficient (Wildman–Crippen LogP) is 0.564. The zero-order valence-corrected chi connectivity index (χ0v) is 9.62. The Hall–Kier alpha value is -0.770. The van der Waals surface area contributed by atoms with E-state index in [1.165, 1.54) is 0 Å². The van der Waals surface area contributed by atoms with Crippen LogP contribution in [-0.4, -0.2) is 30.3 Å². The molecule has 0 bridgehead atoms. The van der Waals surface area contributed by atoms with Crippen LogP contribution < -0.4 is 11.1 Å². The summed E-state index contributed by atoms with van der Waals surface area (Å²) in [6.45, 7) is 9.03. The fraction of sp³-hybridized carbons (Fsp3) is 0.900. The third kappa shape index (κ3) is 5.80. The van der Waals surface area contributed by atoms with Gasteiger partial charge in [-0.3, -0.25) is 4.99 Å². The maximum absolute atomic E-state index is 9.05. The van der Waals surface area contributed by atoms with Gasteiger partial charge in [0.1, 0.15) is 0 Å². The Morgan fingerprint density at radius 1 is 1.36 bits per heavy atom. The van der Waals surface area contributed by atoms with Crippen molar-refractivity contribution in [1.29, 1.82) is 0 Å². The minimum absolute atomic E-state index is 0.00841. The first-order chi connectivity index (χ1) is 6.47. The zero-order chi connectivity index (χ0) is 11.1.